The van der Waals surface area contributed by atoms with Crippen LogP contribution in [-0.4, -0.2) is 38.5 Å². The summed E-state index contributed by atoms with van der Waals surface area (Å²) in [6.45, 7) is -0.588. The van der Waals surface area contributed by atoms with E-state index in [1.807, 2.05) is 0 Å². The number of halogens is 2. The summed E-state index contributed by atoms with van der Waals surface area (Å²) in [7, 11) is 2.88. The average molecular weight is 488 g/mol. The lowest BCUT2D eigenvalue weighted by atomic mass is 9.98. The van der Waals surface area contributed by atoms with Crippen molar-refractivity contribution in [3.8, 4) is 11.5 Å². The molecule has 0 bridgehead atoms. The zero-order chi connectivity index (χ0) is 24.0. The van der Waals surface area contributed by atoms with Crippen LogP contribution in [0.3, 0.4) is 0 Å². The molecule has 0 fully saturated rings. The van der Waals surface area contributed by atoms with Crippen LogP contribution in [0.15, 0.2) is 60.7 Å². The van der Waals surface area contributed by atoms with E-state index in [-0.39, 0.29) is 27.6 Å². The molecule has 1 amide bonds. The van der Waals surface area contributed by atoms with E-state index in [1.54, 1.807) is 36.4 Å². The predicted octanol–water partition coefficient (Wildman–Crippen LogP) is 5.04. The van der Waals surface area contributed by atoms with Gasteiger partial charge in [-0.25, -0.2) is 4.79 Å². The third-order valence-electron chi connectivity index (χ3n) is 4.58. The first-order valence-corrected chi connectivity index (χ1v) is 10.4. The Bertz CT molecular complexity index is 1190. The van der Waals surface area contributed by atoms with Crippen LogP contribution in [0.2, 0.25) is 10.0 Å². The van der Waals surface area contributed by atoms with Gasteiger partial charge in [-0.1, -0.05) is 41.4 Å². The van der Waals surface area contributed by atoms with Crippen molar-refractivity contribution in [2.45, 2.75) is 0 Å². The Morgan fingerprint density at radius 3 is 2.12 bits per heavy atom. The number of hydrogen-bond acceptors (Lipinski definition) is 6. The van der Waals surface area contributed by atoms with Gasteiger partial charge in [0.05, 0.1) is 30.5 Å². The first-order chi connectivity index (χ1) is 15.8. The molecule has 170 valence electrons. The van der Waals surface area contributed by atoms with Gasteiger partial charge in [0.15, 0.2) is 12.4 Å². The van der Waals surface area contributed by atoms with Crippen molar-refractivity contribution < 1.29 is 28.6 Å². The highest BCUT2D eigenvalue weighted by Crippen LogP contribution is 2.35. The number of amides is 1. The molecule has 0 atom stereocenters. The van der Waals surface area contributed by atoms with Crippen LogP contribution < -0.4 is 14.8 Å². The lowest BCUT2D eigenvalue weighted by Crippen LogP contribution is -2.22. The second-order valence-corrected chi connectivity index (χ2v) is 7.54. The average Bonchev–Trinajstić information content (AvgIpc) is 2.82. The molecule has 0 radical (unpaired) electrons. The predicted molar refractivity (Wildman–Crippen MR) is 125 cm³/mol. The molecular formula is C24H19Cl2NO6. The Hall–Kier alpha value is -3.55. The number of methoxy groups -OCH3 is 2. The van der Waals surface area contributed by atoms with Crippen molar-refractivity contribution in [3.05, 3.63) is 87.4 Å². The fraction of sp³-hybridized carbons (Fsp3) is 0.125. The summed E-state index contributed by atoms with van der Waals surface area (Å²) in [6, 6.07) is 15.5. The summed E-state index contributed by atoms with van der Waals surface area (Å²) >= 11 is 12.0. The van der Waals surface area contributed by atoms with Gasteiger partial charge >= 0.3 is 5.97 Å². The van der Waals surface area contributed by atoms with Crippen LogP contribution >= 0.6 is 23.2 Å². The minimum Gasteiger partial charge on any atom is -0.495 e. The van der Waals surface area contributed by atoms with Gasteiger partial charge < -0.3 is 19.5 Å². The van der Waals surface area contributed by atoms with E-state index in [0.717, 1.165) is 0 Å². The quantitative estimate of drug-likeness (QED) is 0.353. The molecule has 3 rings (SSSR count). The summed E-state index contributed by atoms with van der Waals surface area (Å²) < 4.78 is 15.5. The van der Waals surface area contributed by atoms with Crippen molar-refractivity contribution in [3.63, 3.8) is 0 Å². The summed E-state index contributed by atoms with van der Waals surface area (Å²) in [5.74, 6) is -1.12. The van der Waals surface area contributed by atoms with Crippen LogP contribution in [0.1, 0.15) is 26.3 Å². The molecule has 0 aliphatic heterocycles. The third-order valence-corrected chi connectivity index (χ3v) is 5.13. The van der Waals surface area contributed by atoms with Crippen molar-refractivity contribution in [2.75, 3.05) is 26.1 Å². The highest BCUT2D eigenvalue weighted by Gasteiger charge is 2.20. The fourth-order valence-corrected chi connectivity index (χ4v) is 3.34. The molecule has 0 heterocycles. The molecule has 3 aromatic carbocycles. The Morgan fingerprint density at radius 1 is 0.848 bits per heavy atom. The van der Waals surface area contributed by atoms with E-state index in [4.69, 9.17) is 37.4 Å². The van der Waals surface area contributed by atoms with Crippen molar-refractivity contribution in [1.29, 1.82) is 0 Å². The molecule has 0 saturated carbocycles. The number of ketones is 1. The molecule has 0 aliphatic carbocycles. The van der Waals surface area contributed by atoms with E-state index in [1.165, 1.54) is 38.5 Å². The number of nitrogens with one attached hydrogen (secondary N) is 1. The lowest BCUT2D eigenvalue weighted by Gasteiger charge is -2.13. The van der Waals surface area contributed by atoms with Gasteiger partial charge in [-0.2, -0.15) is 0 Å². The van der Waals surface area contributed by atoms with Gasteiger partial charge in [0.2, 0.25) is 0 Å². The Balaban J connectivity index is 1.71. The Kier molecular flexibility index (Phi) is 7.92. The van der Waals surface area contributed by atoms with Crippen LogP contribution in [0.4, 0.5) is 5.69 Å². The number of esters is 1. The van der Waals surface area contributed by atoms with E-state index < -0.39 is 18.5 Å². The molecule has 0 unspecified atom stereocenters. The highest BCUT2D eigenvalue weighted by molar-refractivity contribution is 6.32. The zero-order valence-corrected chi connectivity index (χ0v) is 19.2. The van der Waals surface area contributed by atoms with Gasteiger partial charge in [0.25, 0.3) is 5.91 Å². The number of rotatable bonds is 8. The zero-order valence-electron chi connectivity index (χ0n) is 17.7. The van der Waals surface area contributed by atoms with Gasteiger partial charge in [-0.05, 0) is 36.4 Å². The second kappa shape index (κ2) is 10.8. The first-order valence-electron chi connectivity index (χ1n) is 9.61. The number of ether oxygens (including phenoxy) is 3. The van der Waals surface area contributed by atoms with E-state index in [9.17, 15) is 14.4 Å². The SMILES string of the molecule is COc1cc(OC)c(NC(=O)COC(=O)c2ccccc2C(=O)c2ccc(Cl)cc2)cc1Cl. The van der Waals surface area contributed by atoms with Gasteiger partial charge in [-0.15, -0.1) is 0 Å². The summed E-state index contributed by atoms with van der Waals surface area (Å²) in [6.07, 6.45) is 0. The normalized spacial score (nSPS) is 10.3. The topological polar surface area (TPSA) is 90.9 Å². The largest absolute Gasteiger partial charge is 0.495 e. The second-order valence-electron chi connectivity index (χ2n) is 6.69. The first kappa shape index (κ1) is 24.1. The molecule has 3 aromatic rings. The highest BCUT2D eigenvalue weighted by atomic mass is 35.5. The van der Waals surface area contributed by atoms with E-state index in [2.05, 4.69) is 5.32 Å². The lowest BCUT2D eigenvalue weighted by molar-refractivity contribution is -0.119. The van der Waals surface area contributed by atoms with Crippen LogP contribution in [0.5, 0.6) is 11.5 Å². The summed E-state index contributed by atoms with van der Waals surface area (Å²) in [4.78, 5) is 37.8. The molecule has 0 saturated heterocycles. The summed E-state index contributed by atoms with van der Waals surface area (Å²) in [5, 5.41) is 3.32. The maximum atomic E-state index is 12.9. The summed E-state index contributed by atoms with van der Waals surface area (Å²) in [5.41, 5.74) is 0.827. The van der Waals surface area contributed by atoms with Crippen molar-refractivity contribution in [2.24, 2.45) is 0 Å². The molecule has 0 spiro atoms. The number of carbonyl (C=O) groups excluding carboxylic acids is 3. The monoisotopic (exact) mass is 487 g/mol. The fourth-order valence-electron chi connectivity index (χ4n) is 2.97. The van der Waals surface area contributed by atoms with Crippen LogP contribution in [0.25, 0.3) is 0 Å². The molecular weight excluding hydrogens is 469 g/mol. The van der Waals surface area contributed by atoms with Gasteiger partial charge in [-0.3, -0.25) is 9.59 Å². The Morgan fingerprint density at radius 2 is 1.48 bits per heavy atom. The molecule has 1 N–H and O–H groups in total. The third kappa shape index (κ3) is 5.83. The minimum absolute atomic E-state index is 0.0373. The number of anilines is 1. The molecule has 9 heteroatoms. The maximum Gasteiger partial charge on any atom is 0.339 e. The smallest absolute Gasteiger partial charge is 0.339 e. The number of carbonyl (C=O) groups is 3. The minimum atomic E-state index is -0.817. The molecule has 0 aromatic heterocycles. The number of hydrogen-bond donors (Lipinski definition) is 1. The van der Waals surface area contributed by atoms with Gasteiger partial charge in [0.1, 0.15) is 11.5 Å². The van der Waals surface area contributed by atoms with E-state index >= 15 is 0 Å². The van der Waals surface area contributed by atoms with Crippen molar-refractivity contribution >= 4 is 46.5 Å². The maximum absolute atomic E-state index is 12.9. The standard InChI is InChI=1S/C24H19Cl2NO6/c1-31-20-12-21(32-2)19(11-18(20)26)27-22(28)13-33-24(30)17-6-4-3-5-16(17)23(29)14-7-9-15(25)10-8-14/h3-12H,13H2,1-2H3,(H,27,28). The van der Waals surface area contributed by atoms with Gasteiger partial charge in [0, 0.05) is 22.2 Å². The van der Waals surface area contributed by atoms with Crippen LogP contribution in [0, 0.1) is 0 Å². The molecule has 0 aliphatic rings. The molecule has 33 heavy (non-hydrogen) atoms. The number of benzene rings is 3. The van der Waals surface area contributed by atoms with Crippen LogP contribution in [-0.2, 0) is 9.53 Å². The van der Waals surface area contributed by atoms with E-state index in [0.29, 0.717) is 22.1 Å². The van der Waals surface area contributed by atoms with Crippen molar-refractivity contribution in [1.82, 2.24) is 0 Å². The Labute approximate surface area is 200 Å². The molecule has 7 nitrogen and oxygen atoms in total.